The van der Waals surface area contributed by atoms with Crippen molar-refractivity contribution in [3.63, 3.8) is 0 Å². The number of nitrogens with zero attached hydrogens (tertiary/aromatic N) is 2. The molecule has 0 amide bonds. The first-order valence-electron chi connectivity index (χ1n) is 7.87. The van der Waals surface area contributed by atoms with Crippen LogP contribution in [0.5, 0.6) is 0 Å². The second-order valence-corrected chi connectivity index (χ2v) is 5.81. The zero-order chi connectivity index (χ0) is 18.8. The fourth-order valence-electron chi connectivity index (χ4n) is 2.83. The minimum absolute atomic E-state index is 0.102. The number of carboxylic acids is 1. The molecule has 0 bridgehead atoms. The Labute approximate surface area is 149 Å². The van der Waals surface area contributed by atoms with E-state index in [1.54, 1.807) is 31.2 Å². The predicted octanol–water partition coefficient (Wildman–Crippen LogP) is 2.68. The van der Waals surface area contributed by atoms with E-state index in [-0.39, 0.29) is 11.1 Å². The molecule has 7 heteroatoms. The molecule has 0 atom stereocenters. The van der Waals surface area contributed by atoms with Gasteiger partial charge in [-0.2, -0.15) is 0 Å². The Morgan fingerprint density at radius 3 is 2.54 bits per heavy atom. The van der Waals surface area contributed by atoms with E-state index < -0.39 is 12.3 Å². The van der Waals surface area contributed by atoms with E-state index in [2.05, 4.69) is 4.98 Å². The number of aromatic nitrogens is 2. The number of carbonyl (C=O) groups is 1. The highest BCUT2D eigenvalue weighted by molar-refractivity contribution is 5.88. The Kier molecular flexibility index (Phi) is 4.83. The van der Waals surface area contributed by atoms with E-state index in [0.717, 1.165) is 5.56 Å². The van der Waals surface area contributed by atoms with Gasteiger partial charge in [0.25, 0.3) is 5.56 Å². The number of carboxylic acid groups (broad SMARTS) is 1. The second-order valence-electron chi connectivity index (χ2n) is 5.81. The van der Waals surface area contributed by atoms with E-state index in [0.29, 0.717) is 22.2 Å². The average Bonchev–Trinajstić information content (AvgIpc) is 2.64. The van der Waals surface area contributed by atoms with Crippen molar-refractivity contribution in [2.45, 2.75) is 13.2 Å². The molecule has 2 aromatic carbocycles. The maximum Gasteiger partial charge on any atom is 0.335 e. The van der Waals surface area contributed by atoms with Gasteiger partial charge in [0.15, 0.2) is 6.29 Å². The Balaban J connectivity index is 2.22. The second kappa shape index (κ2) is 7.07. The largest absolute Gasteiger partial charge is 0.478 e. The first-order valence-corrected chi connectivity index (χ1v) is 7.87. The molecule has 26 heavy (non-hydrogen) atoms. The summed E-state index contributed by atoms with van der Waals surface area (Å²) in [6, 6.07) is 9.81. The molecule has 0 unspecified atom stereocenters. The first-order chi connectivity index (χ1) is 12.5. The van der Waals surface area contributed by atoms with Crippen LogP contribution in [0.15, 0.2) is 47.5 Å². The highest BCUT2D eigenvalue weighted by Crippen LogP contribution is 2.21. The van der Waals surface area contributed by atoms with Gasteiger partial charge in [0.1, 0.15) is 6.33 Å². The fraction of sp³-hybridized carbons (Fsp3) is 0.211. The number of methoxy groups -OCH3 is 2. The monoisotopic (exact) mass is 354 g/mol. The molecule has 0 aliphatic rings. The summed E-state index contributed by atoms with van der Waals surface area (Å²) in [7, 11) is 3.03. The maximum absolute atomic E-state index is 13.0. The molecule has 0 spiro atoms. The number of benzene rings is 2. The van der Waals surface area contributed by atoms with Crippen molar-refractivity contribution in [2.75, 3.05) is 14.2 Å². The molecular formula is C19H18N2O5. The van der Waals surface area contributed by atoms with Crippen LogP contribution in [0.3, 0.4) is 0 Å². The van der Waals surface area contributed by atoms with E-state index in [1.165, 1.54) is 37.2 Å². The van der Waals surface area contributed by atoms with Crippen molar-refractivity contribution in [1.82, 2.24) is 9.55 Å². The van der Waals surface area contributed by atoms with Gasteiger partial charge in [-0.3, -0.25) is 9.36 Å². The van der Waals surface area contributed by atoms with Crippen LogP contribution in [-0.4, -0.2) is 34.8 Å². The number of rotatable bonds is 5. The van der Waals surface area contributed by atoms with Gasteiger partial charge >= 0.3 is 5.97 Å². The summed E-state index contributed by atoms with van der Waals surface area (Å²) in [5, 5.41) is 9.60. The topological polar surface area (TPSA) is 90.7 Å². The van der Waals surface area contributed by atoms with Crippen LogP contribution < -0.4 is 5.56 Å². The molecule has 0 saturated heterocycles. The fourth-order valence-corrected chi connectivity index (χ4v) is 2.83. The molecule has 1 N–H and O–H groups in total. The molecule has 3 rings (SSSR count). The molecule has 0 radical (unpaired) electrons. The van der Waals surface area contributed by atoms with Gasteiger partial charge in [-0.05, 0) is 36.8 Å². The predicted molar refractivity (Wildman–Crippen MR) is 95.8 cm³/mol. The van der Waals surface area contributed by atoms with Crippen molar-refractivity contribution in [3.8, 4) is 5.69 Å². The van der Waals surface area contributed by atoms with Crippen molar-refractivity contribution >= 4 is 16.9 Å². The van der Waals surface area contributed by atoms with E-state index in [4.69, 9.17) is 9.47 Å². The summed E-state index contributed by atoms with van der Waals surface area (Å²) in [6.45, 7) is 1.81. The molecule has 7 nitrogen and oxygen atoms in total. The van der Waals surface area contributed by atoms with Crippen molar-refractivity contribution in [1.29, 1.82) is 0 Å². The minimum Gasteiger partial charge on any atom is -0.478 e. The van der Waals surface area contributed by atoms with Crippen LogP contribution in [-0.2, 0) is 9.47 Å². The third-order valence-electron chi connectivity index (χ3n) is 4.20. The van der Waals surface area contributed by atoms with Crippen LogP contribution in [0.1, 0.15) is 27.8 Å². The Morgan fingerprint density at radius 2 is 1.88 bits per heavy atom. The highest BCUT2D eigenvalue weighted by Gasteiger charge is 2.14. The number of aromatic carboxylic acids is 1. The lowest BCUT2D eigenvalue weighted by Crippen LogP contribution is -2.20. The zero-order valence-electron chi connectivity index (χ0n) is 14.6. The summed E-state index contributed by atoms with van der Waals surface area (Å²) < 4.78 is 11.8. The normalized spacial score (nSPS) is 11.2. The van der Waals surface area contributed by atoms with Crippen molar-refractivity contribution in [2.24, 2.45) is 0 Å². The number of aryl methyl sites for hydroxylation is 1. The summed E-state index contributed by atoms with van der Waals surface area (Å²) >= 11 is 0. The van der Waals surface area contributed by atoms with Crippen LogP contribution >= 0.6 is 0 Å². The molecular weight excluding hydrogens is 336 g/mol. The SMILES string of the molecule is COC(OC)c1ccc2ncn(-c3cc(C(=O)O)ccc3C)c(=O)c2c1. The molecule has 1 heterocycles. The third-order valence-corrected chi connectivity index (χ3v) is 4.20. The number of hydrogen-bond donors (Lipinski definition) is 1. The summed E-state index contributed by atoms with van der Waals surface area (Å²) in [5.41, 5.74) is 2.27. The number of ether oxygens (including phenoxy) is 2. The van der Waals surface area contributed by atoms with E-state index in [9.17, 15) is 14.7 Å². The Hall–Kier alpha value is -3.03. The Morgan fingerprint density at radius 1 is 1.15 bits per heavy atom. The lowest BCUT2D eigenvalue weighted by Gasteiger charge is -2.15. The van der Waals surface area contributed by atoms with Crippen molar-refractivity contribution < 1.29 is 19.4 Å². The molecule has 1 aromatic heterocycles. The average molecular weight is 354 g/mol. The molecule has 0 fully saturated rings. The van der Waals surface area contributed by atoms with Crippen LogP contribution in [0.2, 0.25) is 0 Å². The van der Waals surface area contributed by atoms with Gasteiger partial charge < -0.3 is 14.6 Å². The lowest BCUT2D eigenvalue weighted by molar-refractivity contribution is -0.105. The molecule has 0 aliphatic carbocycles. The third kappa shape index (κ3) is 3.10. The van der Waals surface area contributed by atoms with Gasteiger partial charge in [0.05, 0.1) is 22.2 Å². The zero-order valence-corrected chi connectivity index (χ0v) is 14.6. The van der Waals surface area contributed by atoms with E-state index in [1.807, 2.05) is 0 Å². The lowest BCUT2D eigenvalue weighted by atomic mass is 10.1. The first kappa shape index (κ1) is 17.8. The maximum atomic E-state index is 13.0. The smallest absolute Gasteiger partial charge is 0.335 e. The molecule has 134 valence electrons. The van der Waals surface area contributed by atoms with Crippen molar-refractivity contribution in [3.05, 3.63) is 69.8 Å². The Bertz CT molecular complexity index is 1040. The van der Waals surface area contributed by atoms with E-state index >= 15 is 0 Å². The number of fused-ring (bicyclic) bond motifs is 1. The summed E-state index contributed by atoms with van der Waals surface area (Å²) in [4.78, 5) is 28.6. The quantitative estimate of drug-likeness (QED) is 0.709. The molecule has 0 saturated carbocycles. The number of hydrogen-bond acceptors (Lipinski definition) is 5. The molecule has 0 aliphatic heterocycles. The van der Waals surface area contributed by atoms with Gasteiger partial charge in [-0.15, -0.1) is 0 Å². The highest BCUT2D eigenvalue weighted by atomic mass is 16.7. The molecule has 3 aromatic rings. The standard InChI is InChI=1S/C19H18N2O5/c1-11-4-5-12(18(23)24)9-16(11)21-10-20-15-7-6-13(19(25-2)26-3)8-14(15)17(21)22/h4-10,19H,1-3H3,(H,23,24). The van der Waals surface area contributed by atoms with Gasteiger partial charge in [0, 0.05) is 19.8 Å². The van der Waals surface area contributed by atoms with Crippen LogP contribution in [0, 0.1) is 6.92 Å². The van der Waals surface area contributed by atoms with Crippen LogP contribution in [0.25, 0.3) is 16.6 Å². The van der Waals surface area contributed by atoms with Gasteiger partial charge in [-0.1, -0.05) is 12.1 Å². The van der Waals surface area contributed by atoms with Gasteiger partial charge in [0.2, 0.25) is 0 Å². The summed E-state index contributed by atoms with van der Waals surface area (Å²) in [5.74, 6) is -1.06. The summed E-state index contributed by atoms with van der Waals surface area (Å²) in [6.07, 6.45) is 0.812. The van der Waals surface area contributed by atoms with Gasteiger partial charge in [-0.25, -0.2) is 9.78 Å². The minimum atomic E-state index is -1.06. The van der Waals surface area contributed by atoms with Crippen LogP contribution in [0.4, 0.5) is 0 Å².